The van der Waals surface area contributed by atoms with E-state index in [4.69, 9.17) is 0 Å². The molecule has 3 amide bonds. The zero-order valence-corrected chi connectivity index (χ0v) is 16.8. The number of amides is 3. The summed E-state index contributed by atoms with van der Waals surface area (Å²) < 4.78 is 13.3. The van der Waals surface area contributed by atoms with Crippen LogP contribution in [0, 0.1) is 5.82 Å². The summed E-state index contributed by atoms with van der Waals surface area (Å²) in [4.78, 5) is 46.6. The third kappa shape index (κ3) is 3.51. The van der Waals surface area contributed by atoms with Gasteiger partial charge in [-0.1, -0.05) is 30.3 Å². The molecule has 0 saturated carbocycles. The van der Waals surface area contributed by atoms with Crippen molar-refractivity contribution in [2.75, 3.05) is 0 Å². The number of carbonyl (C=O) groups excluding carboxylic acids is 3. The Labute approximate surface area is 181 Å². The SMILES string of the molecule is O=C(NCc1nc2ccc(F)cc2[nH]1)c1ccc2c(c1)C(=O)N(Cc1ccccc1)C2=O. The summed E-state index contributed by atoms with van der Waals surface area (Å²) in [6, 6.07) is 17.9. The molecule has 1 aliphatic heterocycles. The minimum Gasteiger partial charge on any atom is -0.345 e. The van der Waals surface area contributed by atoms with E-state index < -0.39 is 11.8 Å². The molecule has 8 heteroatoms. The van der Waals surface area contributed by atoms with Crippen molar-refractivity contribution in [1.82, 2.24) is 20.2 Å². The van der Waals surface area contributed by atoms with Crippen LogP contribution in [0.25, 0.3) is 11.0 Å². The van der Waals surface area contributed by atoms with Crippen LogP contribution in [0.5, 0.6) is 0 Å². The maximum absolute atomic E-state index is 13.3. The second-order valence-corrected chi connectivity index (χ2v) is 7.47. The lowest BCUT2D eigenvalue weighted by Gasteiger charge is -2.13. The Balaban J connectivity index is 1.31. The molecule has 0 atom stereocenters. The van der Waals surface area contributed by atoms with E-state index in [1.165, 1.54) is 35.2 Å². The van der Waals surface area contributed by atoms with Crippen molar-refractivity contribution in [2.45, 2.75) is 13.1 Å². The first-order chi connectivity index (χ1) is 15.5. The minimum absolute atomic E-state index is 0.0965. The minimum atomic E-state index is -0.428. The normalized spacial score (nSPS) is 13.0. The van der Waals surface area contributed by atoms with Gasteiger partial charge in [-0.3, -0.25) is 19.3 Å². The van der Waals surface area contributed by atoms with Crippen molar-refractivity contribution < 1.29 is 18.8 Å². The van der Waals surface area contributed by atoms with Crippen LogP contribution in [0.2, 0.25) is 0 Å². The number of imide groups is 1. The van der Waals surface area contributed by atoms with Gasteiger partial charge < -0.3 is 10.3 Å². The quantitative estimate of drug-likeness (QED) is 0.476. The van der Waals surface area contributed by atoms with Crippen LogP contribution >= 0.6 is 0 Å². The Bertz CT molecular complexity index is 1380. The van der Waals surface area contributed by atoms with Crippen molar-refractivity contribution in [3.05, 3.63) is 101 Å². The molecule has 2 N–H and O–H groups in total. The van der Waals surface area contributed by atoms with Crippen molar-refractivity contribution in [3.8, 4) is 0 Å². The van der Waals surface area contributed by atoms with E-state index in [2.05, 4.69) is 15.3 Å². The molecule has 1 aromatic heterocycles. The molecule has 0 bridgehead atoms. The molecule has 0 saturated heterocycles. The number of hydrogen-bond donors (Lipinski definition) is 2. The number of halogens is 1. The number of fused-ring (bicyclic) bond motifs is 2. The number of H-pyrrole nitrogens is 1. The lowest BCUT2D eigenvalue weighted by Crippen LogP contribution is -2.29. The average Bonchev–Trinajstić information content (AvgIpc) is 3.31. The molecule has 158 valence electrons. The smallest absolute Gasteiger partial charge is 0.261 e. The maximum atomic E-state index is 13.3. The maximum Gasteiger partial charge on any atom is 0.261 e. The molecule has 7 nitrogen and oxygen atoms in total. The molecule has 0 spiro atoms. The zero-order chi connectivity index (χ0) is 22.2. The number of aromatic amines is 1. The first-order valence-electron chi connectivity index (χ1n) is 9.96. The largest absolute Gasteiger partial charge is 0.345 e. The average molecular weight is 428 g/mol. The topological polar surface area (TPSA) is 95.2 Å². The van der Waals surface area contributed by atoms with Gasteiger partial charge in [0.05, 0.1) is 35.2 Å². The molecular weight excluding hydrogens is 411 g/mol. The summed E-state index contributed by atoms with van der Waals surface area (Å²) in [6.45, 7) is 0.264. The fourth-order valence-electron chi connectivity index (χ4n) is 3.73. The summed E-state index contributed by atoms with van der Waals surface area (Å²) in [5, 5.41) is 2.72. The van der Waals surface area contributed by atoms with Gasteiger partial charge in [-0.2, -0.15) is 0 Å². The molecule has 3 aromatic carbocycles. The van der Waals surface area contributed by atoms with E-state index >= 15 is 0 Å². The highest BCUT2D eigenvalue weighted by atomic mass is 19.1. The predicted molar refractivity (Wildman–Crippen MR) is 114 cm³/mol. The number of nitrogens with one attached hydrogen (secondary N) is 2. The highest BCUT2D eigenvalue weighted by Crippen LogP contribution is 2.25. The second kappa shape index (κ2) is 7.73. The molecule has 1 aliphatic rings. The molecule has 2 heterocycles. The Kier molecular flexibility index (Phi) is 4.74. The van der Waals surface area contributed by atoms with Crippen LogP contribution < -0.4 is 5.32 Å². The number of hydrogen-bond acceptors (Lipinski definition) is 4. The molecule has 0 fully saturated rings. The van der Waals surface area contributed by atoms with Gasteiger partial charge in [-0.15, -0.1) is 0 Å². The van der Waals surface area contributed by atoms with E-state index in [0.717, 1.165) is 5.56 Å². The molecular formula is C24H17FN4O3. The van der Waals surface area contributed by atoms with E-state index in [0.29, 0.717) is 16.9 Å². The highest BCUT2D eigenvalue weighted by Gasteiger charge is 2.36. The van der Waals surface area contributed by atoms with Gasteiger partial charge in [0.25, 0.3) is 17.7 Å². The Morgan fingerprint density at radius 2 is 1.75 bits per heavy atom. The van der Waals surface area contributed by atoms with Gasteiger partial charge in [-0.05, 0) is 42.0 Å². The molecule has 0 radical (unpaired) electrons. The molecule has 0 aliphatic carbocycles. The van der Waals surface area contributed by atoms with Crippen molar-refractivity contribution in [2.24, 2.45) is 0 Å². The van der Waals surface area contributed by atoms with E-state index in [1.54, 1.807) is 6.07 Å². The van der Waals surface area contributed by atoms with Crippen molar-refractivity contribution in [3.63, 3.8) is 0 Å². The van der Waals surface area contributed by atoms with Crippen LogP contribution in [0.15, 0.2) is 66.7 Å². The summed E-state index contributed by atoms with van der Waals surface area (Å²) in [5.74, 6) is -1.13. The number of rotatable bonds is 5. The van der Waals surface area contributed by atoms with Crippen LogP contribution in [0.3, 0.4) is 0 Å². The van der Waals surface area contributed by atoms with Crippen LogP contribution in [-0.2, 0) is 13.1 Å². The third-order valence-corrected chi connectivity index (χ3v) is 5.33. The predicted octanol–water partition coefficient (Wildman–Crippen LogP) is 3.43. The van der Waals surface area contributed by atoms with Gasteiger partial charge in [0.2, 0.25) is 0 Å². The molecule has 0 unspecified atom stereocenters. The Morgan fingerprint density at radius 1 is 0.969 bits per heavy atom. The first-order valence-corrected chi connectivity index (χ1v) is 9.96. The number of nitrogens with zero attached hydrogens (tertiary/aromatic N) is 2. The van der Waals surface area contributed by atoms with Gasteiger partial charge in [0, 0.05) is 5.56 Å². The molecule has 4 aromatic rings. The molecule has 5 rings (SSSR count). The lowest BCUT2D eigenvalue weighted by molar-refractivity contribution is 0.0642. The van der Waals surface area contributed by atoms with Crippen LogP contribution in [0.4, 0.5) is 4.39 Å². The standard InChI is InChI=1S/C24H17FN4O3/c25-16-7-9-19-20(11-16)28-21(27-19)12-26-22(30)15-6-8-17-18(10-15)24(32)29(23(17)31)13-14-4-2-1-3-5-14/h1-11H,12-13H2,(H,26,30)(H,27,28). The van der Waals surface area contributed by atoms with Crippen LogP contribution in [0.1, 0.15) is 42.5 Å². The lowest BCUT2D eigenvalue weighted by atomic mass is 10.1. The summed E-state index contributed by atoms with van der Waals surface area (Å²) in [5.41, 5.74) is 2.71. The Hall–Kier alpha value is -4.33. The highest BCUT2D eigenvalue weighted by molar-refractivity contribution is 6.22. The summed E-state index contributed by atoms with van der Waals surface area (Å²) >= 11 is 0. The summed E-state index contributed by atoms with van der Waals surface area (Å²) in [7, 11) is 0. The Morgan fingerprint density at radius 3 is 2.56 bits per heavy atom. The first kappa shape index (κ1) is 19.6. The van der Waals surface area contributed by atoms with Gasteiger partial charge in [-0.25, -0.2) is 9.37 Å². The van der Waals surface area contributed by atoms with Gasteiger partial charge in [0.15, 0.2) is 0 Å². The monoisotopic (exact) mass is 428 g/mol. The number of carbonyl (C=O) groups is 3. The zero-order valence-electron chi connectivity index (χ0n) is 16.8. The number of aromatic nitrogens is 2. The second-order valence-electron chi connectivity index (χ2n) is 7.47. The van der Waals surface area contributed by atoms with Crippen LogP contribution in [-0.4, -0.2) is 32.6 Å². The van der Waals surface area contributed by atoms with E-state index in [-0.39, 0.29) is 41.5 Å². The number of benzene rings is 3. The van der Waals surface area contributed by atoms with Crippen molar-refractivity contribution in [1.29, 1.82) is 0 Å². The summed E-state index contributed by atoms with van der Waals surface area (Å²) in [6.07, 6.45) is 0. The van der Waals surface area contributed by atoms with Crippen molar-refractivity contribution >= 4 is 28.8 Å². The fourth-order valence-corrected chi connectivity index (χ4v) is 3.73. The fraction of sp³-hybridized carbons (Fsp3) is 0.0833. The van der Waals surface area contributed by atoms with Gasteiger partial charge >= 0.3 is 0 Å². The van der Waals surface area contributed by atoms with E-state index in [1.807, 2.05) is 30.3 Å². The van der Waals surface area contributed by atoms with E-state index in [9.17, 15) is 18.8 Å². The third-order valence-electron chi connectivity index (χ3n) is 5.33. The number of imidazole rings is 1. The van der Waals surface area contributed by atoms with Gasteiger partial charge in [0.1, 0.15) is 11.6 Å². The molecule has 32 heavy (non-hydrogen) atoms.